The maximum atomic E-state index is 6.02. The molecule has 0 radical (unpaired) electrons. The summed E-state index contributed by atoms with van der Waals surface area (Å²) in [5.41, 5.74) is 0.773. The molecule has 6 nitrogen and oxygen atoms in total. The molecule has 0 bridgehead atoms. The monoisotopic (exact) mass is 348 g/mol. The van der Waals surface area contributed by atoms with Crippen LogP contribution in [0.25, 0.3) is 5.65 Å². The zero-order chi connectivity index (χ0) is 15.8. The van der Waals surface area contributed by atoms with Gasteiger partial charge >= 0.3 is 0 Å². The van der Waals surface area contributed by atoms with Crippen LogP contribution in [0, 0.1) is 0 Å². The largest absolute Gasteiger partial charge is 0.350 e. The number of thiophene rings is 1. The van der Waals surface area contributed by atoms with Crippen molar-refractivity contribution in [2.75, 3.05) is 24.5 Å². The van der Waals surface area contributed by atoms with Gasteiger partial charge in [-0.3, -0.25) is 4.90 Å². The maximum absolute atomic E-state index is 6.02. The summed E-state index contributed by atoms with van der Waals surface area (Å²) in [6.07, 6.45) is 1.64. The van der Waals surface area contributed by atoms with Crippen LogP contribution in [0.15, 0.2) is 30.6 Å². The van der Waals surface area contributed by atoms with Crippen molar-refractivity contribution in [2.45, 2.75) is 19.5 Å². The predicted molar refractivity (Wildman–Crippen MR) is 92.2 cm³/mol. The minimum absolute atomic E-state index is 0.403. The van der Waals surface area contributed by atoms with E-state index in [4.69, 9.17) is 11.6 Å². The highest BCUT2D eigenvalue weighted by molar-refractivity contribution is 7.16. The van der Waals surface area contributed by atoms with Gasteiger partial charge < -0.3 is 4.90 Å². The summed E-state index contributed by atoms with van der Waals surface area (Å²) in [6, 6.07) is 8.48. The second kappa shape index (κ2) is 6.07. The fourth-order valence-electron chi connectivity index (χ4n) is 3.05. The summed E-state index contributed by atoms with van der Waals surface area (Å²) < 4.78 is 2.58. The van der Waals surface area contributed by atoms with Crippen molar-refractivity contribution in [1.82, 2.24) is 24.7 Å². The average molecular weight is 349 g/mol. The molecule has 1 aliphatic rings. The third kappa shape index (κ3) is 3.04. The van der Waals surface area contributed by atoms with Crippen LogP contribution in [0.5, 0.6) is 0 Å². The van der Waals surface area contributed by atoms with Crippen molar-refractivity contribution in [3.05, 3.63) is 39.8 Å². The SMILES string of the molecule is C[C@@H]1CN(Cc2ccc(Cl)s2)CCN1c1ccc2nncn2n1. The molecule has 0 amide bonds. The van der Waals surface area contributed by atoms with Gasteiger partial charge in [-0.2, -0.15) is 4.52 Å². The number of nitrogens with zero attached hydrogens (tertiary/aromatic N) is 6. The Balaban J connectivity index is 1.46. The Morgan fingerprint density at radius 1 is 1.26 bits per heavy atom. The first kappa shape index (κ1) is 14.9. The van der Waals surface area contributed by atoms with E-state index in [0.717, 1.165) is 42.0 Å². The summed E-state index contributed by atoms with van der Waals surface area (Å²) in [7, 11) is 0. The Bertz CT molecular complexity index is 815. The molecule has 4 rings (SSSR count). The minimum atomic E-state index is 0.403. The fourth-order valence-corrected chi connectivity index (χ4v) is 4.18. The molecule has 0 N–H and O–H groups in total. The van der Waals surface area contributed by atoms with Gasteiger partial charge in [0.15, 0.2) is 5.65 Å². The summed E-state index contributed by atoms with van der Waals surface area (Å²) in [4.78, 5) is 6.14. The Morgan fingerprint density at radius 3 is 2.96 bits per heavy atom. The third-order valence-electron chi connectivity index (χ3n) is 4.16. The lowest BCUT2D eigenvalue weighted by Crippen LogP contribution is -2.51. The lowest BCUT2D eigenvalue weighted by Gasteiger charge is -2.40. The number of hydrogen-bond acceptors (Lipinski definition) is 6. The molecule has 0 spiro atoms. The van der Waals surface area contributed by atoms with Crippen LogP contribution in [-0.4, -0.2) is 50.4 Å². The van der Waals surface area contributed by atoms with E-state index >= 15 is 0 Å². The highest BCUT2D eigenvalue weighted by Crippen LogP contribution is 2.24. The first-order valence-corrected chi connectivity index (χ1v) is 8.79. The van der Waals surface area contributed by atoms with E-state index in [9.17, 15) is 0 Å². The molecule has 0 unspecified atom stereocenters. The van der Waals surface area contributed by atoms with Crippen molar-refractivity contribution < 1.29 is 0 Å². The standard InChI is InChI=1S/C15H17ClN6S/c1-11-8-20(9-12-2-3-13(16)23-12)6-7-21(11)15-5-4-14-18-17-10-22(14)19-15/h2-5,10-11H,6-9H2,1H3/t11-/m1/s1. The number of aromatic nitrogens is 4. The molecule has 1 fully saturated rings. The molecule has 120 valence electrons. The van der Waals surface area contributed by atoms with Crippen LogP contribution in [0.2, 0.25) is 4.34 Å². The van der Waals surface area contributed by atoms with Gasteiger partial charge in [-0.1, -0.05) is 11.6 Å². The lowest BCUT2D eigenvalue weighted by atomic mass is 10.2. The zero-order valence-electron chi connectivity index (χ0n) is 12.8. The molecular formula is C15H17ClN6S. The van der Waals surface area contributed by atoms with Gasteiger partial charge in [0.1, 0.15) is 12.1 Å². The maximum Gasteiger partial charge on any atom is 0.177 e. The molecule has 0 aliphatic carbocycles. The third-order valence-corrected chi connectivity index (χ3v) is 5.38. The van der Waals surface area contributed by atoms with Crippen molar-refractivity contribution in [1.29, 1.82) is 0 Å². The summed E-state index contributed by atoms with van der Waals surface area (Å²) >= 11 is 7.68. The normalized spacial score (nSPS) is 19.6. The summed E-state index contributed by atoms with van der Waals surface area (Å²) in [5.74, 6) is 0.976. The molecule has 8 heteroatoms. The van der Waals surface area contributed by atoms with Crippen molar-refractivity contribution >= 4 is 34.4 Å². The number of piperazine rings is 1. The number of halogens is 1. The van der Waals surface area contributed by atoms with Gasteiger partial charge in [-0.25, -0.2) is 0 Å². The molecular weight excluding hydrogens is 332 g/mol. The summed E-state index contributed by atoms with van der Waals surface area (Å²) in [6.45, 7) is 6.19. The quantitative estimate of drug-likeness (QED) is 0.728. The molecule has 1 saturated heterocycles. The van der Waals surface area contributed by atoms with E-state index in [1.54, 1.807) is 22.2 Å². The van der Waals surface area contributed by atoms with E-state index in [-0.39, 0.29) is 0 Å². The Kier molecular flexibility index (Phi) is 3.92. The Hall–Kier alpha value is -1.70. The van der Waals surface area contributed by atoms with E-state index < -0.39 is 0 Å². The topological polar surface area (TPSA) is 49.6 Å². The minimum Gasteiger partial charge on any atom is -0.350 e. The lowest BCUT2D eigenvalue weighted by molar-refractivity contribution is 0.222. The number of hydrogen-bond donors (Lipinski definition) is 0. The van der Waals surface area contributed by atoms with Crippen LogP contribution in [0.1, 0.15) is 11.8 Å². The number of anilines is 1. The Morgan fingerprint density at radius 2 is 2.17 bits per heavy atom. The van der Waals surface area contributed by atoms with Crippen LogP contribution in [0.3, 0.4) is 0 Å². The van der Waals surface area contributed by atoms with Crippen LogP contribution < -0.4 is 4.90 Å². The number of rotatable bonds is 3. The predicted octanol–water partition coefficient (Wildman–Crippen LogP) is 2.55. The first-order chi connectivity index (χ1) is 11.2. The molecule has 3 aromatic heterocycles. The van der Waals surface area contributed by atoms with Crippen molar-refractivity contribution in [3.8, 4) is 0 Å². The smallest absolute Gasteiger partial charge is 0.177 e. The fraction of sp³-hybridized carbons (Fsp3) is 0.400. The van der Waals surface area contributed by atoms with Gasteiger partial charge in [-0.15, -0.1) is 26.6 Å². The second-order valence-corrected chi connectivity index (χ2v) is 7.61. The van der Waals surface area contributed by atoms with E-state index in [0.29, 0.717) is 6.04 Å². The van der Waals surface area contributed by atoms with Gasteiger partial charge in [0.05, 0.1) is 4.34 Å². The van der Waals surface area contributed by atoms with E-state index in [1.165, 1.54) is 4.88 Å². The molecule has 0 saturated carbocycles. The molecule has 23 heavy (non-hydrogen) atoms. The highest BCUT2D eigenvalue weighted by Gasteiger charge is 2.25. The van der Waals surface area contributed by atoms with Gasteiger partial charge in [0.25, 0.3) is 0 Å². The first-order valence-electron chi connectivity index (χ1n) is 7.59. The van der Waals surface area contributed by atoms with E-state index in [2.05, 4.69) is 38.1 Å². The second-order valence-electron chi connectivity index (χ2n) is 5.81. The van der Waals surface area contributed by atoms with E-state index in [1.807, 2.05) is 18.2 Å². The Labute approximate surface area is 143 Å². The molecule has 1 aliphatic heterocycles. The zero-order valence-corrected chi connectivity index (χ0v) is 14.3. The average Bonchev–Trinajstić information content (AvgIpc) is 3.15. The van der Waals surface area contributed by atoms with Crippen molar-refractivity contribution in [2.24, 2.45) is 0 Å². The molecule has 4 heterocycles. The molecule has 0 aromatic carbocycles. The summed E-state index contributed by atoms with van der Waals surface area (Å²) in [5, 5.41) is 12.5. The van der Waals surface area contributed by atoms with Gasteiger partial charge in [-0.05, 0) is 31.2 Å². The highest BCUT2D eigenvalue weighted by atomic mass is 35.5. The van der Waals surface area contributed by atoms with Gasteiger partial charge in [0, 0.05) is 37.1 Å². The van der Waals surface area contributed by atoms with Crippen molar-refractivity contribution in [3.63, 3.8) is 0 Å². The molecule has 1 atom stereocenters. The van der Waals surface area contributed by atoms with Gasteiger partial charge in [0.2, 0.25) is 0 Å². The van der Waals surface area contributed by atoms with Crippen LogP contribution in [-0.2, 0) is 6.54 Å². The van der Waals surface area contributed by atoms with Crippen LogP contribution >= 0.6 is 22.9 Å². The number of fused-ring (bicyclic) bond motifs is 1. The van der Waals surface area contributed by atoms with Crippen LogP contribution in [0.4, 0.5) is 5.82 Å². The molecule has 3 aromatic rings.